The lowest BCUT2D eigenvalue weighted by atomic mass is 10.2. The molecule has 0 radical (unpaired) electrons. The summed E-state index contributed by atoms with van der Waals surface area (Å²) >= 11 is 0. The molecule has 0 aromatic heterocycles. The first-order valence-electron chi connectivity index (χ1n) is 5.30. The third kappa shape index (κ3) is 2.45. The lowest BCUT2D eigenvalue weighted by Crippen LogP contribution is -2.42. The van der Waals surface area contributed by atoms with E-state index in [2.05, 4.69) is 11.8 Å². The molecule has 1 aliphatic rings. The first-order valence-corrected chi connectivity index (χ1v) is 5.30. The monoisotopic (exact) mass is 200 g/mol. The lowest BCUT2D eigenvalue weighted by molar-refractivity contribution is -0.131. The Labute approximate surface area is 85.5 Å². The summed E-state index contributed by atoms with van der Waals surface area (Å²) in [4.78, 5) is 15.6. The van der Waals surface area contributed by atoms with Gasteiger partial charge in [0.1, 0.15) is 0 Å². The second kappa shape index (κ2) is 5.32. The summed E-state index contributed by atoms with van der Waals surface area (Å²) < 4.78 is 0. The van der Waals surface area contributed by atoms with Crippen LogP contribution in [0.1, 0.15) is 19.8 Å². The van der Waals surface area contributed by atoms with Crippen LogP contribution >= 0.6 is 0 Å². The molecule has 4 heteroatoms. The predicted octanol–water partition coefficient (Wildman–Crippen LogP) is -0.0786. The number of aliphatic hydroxyl groups excluding tert-OH is 1. The summed E-state index contributed by atoms with van der Waals surface area (Å²) in [6.07, 6.45) is 1.92. The van der Waals surface area contributed by atoms with Gasteiger partial charge in [0.05, 0.1) is 12.6 Å². The number of aliphatic hydroxyl groups is 1. The average Bonchev–Trinajstić information content (AvgIpc) is 2.48. The van der Waals surface area contributed by atoms with Crippen LogP contribution in [-0.2, 0) is 4.79 Å². The molecule has 1 saturated heterocycles. The third-order valence-corrected chi connectivity index (χ3v) is 2.74. The number of nitrogens with zero attached hydrogens (tertiary/aromatic N) is 2. The molecule has 1 amide bonds. The molecule has 4 nitrogen and oxygen atoms in total. The number of hydrogen-bond acceptors (Lipinski definition) is 3. The highest BCUT2D eigenvalue weighted by Gasteiger charge is 2.32. The lowest BCUT2D eigenvalue weighted by Gasteiger charge is -2.26. The van der Waals surface area contributed by atoms with Crippen LogP contribution in [0.25, 0.3) is 0 Å². The summed E-state index contributed by atoms with van der Waals surface area (Å²) in [7, 11) is 1.84. The van der Waals surface area contributed by atoms with Crippen molar-refractivity contribution in [3.8, 4) is 0 Å². The van der Waals surface area contributed by atoms with Crippen LogP contribution in [-0.4, -0.2) is 60.1 Å². The number of carbonyl (C=O) groups excluding carboxylic acids is 1. The zero-order valence-corrected chi connectivity index (χ0v) is 9.07. The maximum Gasteiger partial charge on any atom is 0.239 e. The van der Waals surface area contributed by atoms with Crippen LogP contribution in [0, 0.1) is 0 Å². The summed E-state index contributed by atoms with van der Waals surface area (Å²) in [5, 5.41) is 8.91. The molecule has 0 aliphatic carbocycles. The van der Waals surface area contributed by atoms with E-state index in [1.54, 1.807) is 4.90 Å². The Balaban J connectivity index is 2.54. The van der Waals surface area contributed by atoms with Crippen molar-refractivity contribution in [2.75, 3.05) is 33.3 Å². The van der Waals surface area contributed by atoms with E-state index in [0.29, 0.717) is 6.54 Å². The second-order valence-electron chi connectivity index (χ2n) is 3.82. The SMILES string of the molecule is CCCN(CCO)C1CCN(C)C1=O. The summed E-state index contributed by atoms with van der Waals surface area (Å²) in [6.45, 7) is 4.57. The minimum Gasteiger partial charge on any atom is -0.395 e. The smallest absolute Gasteiger partial charge is 0.239 e. The van der Waals surface area contributed by atoms with E-state index in [1.807, 2.05) is 7.05 Å². The standard InChI is InChI=1S/C10H20N2O2/c1-3-5-12(7-8-13)9-4-6-11(2)10(9)14/h9,13H,3-8H2,1-2H3. The van der Waals surface area contributed by atoms with Gasteiger partial charge in [-0.2, -0.15) is 0 Å². The molecule has 1 N–H and O–H groups in total. The van der Waals surface area contributed by atoms with Crippen LogP contribution in [0.5, 0.6) is 0 Å². The van der Waals surface area contributed by atoms with E-state index in [9.17, 15) is 4.79 Å². The van der Waals surface area contributed by atoms with E-state index < -0.39 is 0 Å². The number of hydrogen-bond donors (Lipinski definition) is 1. The molecule has 1 fully saturated rings. The van der Waals surface area contributed by atoms with Crippen LogP contribution in [0.15, 0.2) is 0 Å². The van der Waals surface area contributed by atoms with Gasteiger partial charge in [0.15, 0.2) is 0 Å². The second-order valence-corrected chi connectivity index (χ2v) is 3.82. The maximum absolute atomic E-state index is 11.7. The molecule has 0 spiro atoms. The fourth-order valence-electron chi connectivity index (χ4n) is 1.98. The van der Waals surface area contributed by atoms with Gasteiger partial charge in [-0.3, -0.25) is 9.69 Å². The molecule has 1 atom stereocenters. The largest absolute Gasteiger partial charge is 0.395 e. The van der Waals surface area contributed by atoms with Gasteiger partial charge < -0.3 is 10.0 Å². The predicted molar refractivity (Wildman–Crippen MR) is 55.0 cm³/mol. The fraction of sp³-hybridized carbons (Fsp3) is 0.900. The highest BCUT2D eigenvalue weighted by Crippen LogP contribution is 2.15. The van der Waals surface area contributed by atoms with Gasteiger partial charge in [0, 0.05) is 20.1 Å². The maximum atomic E-state index is 11.7. The van der Waals surface area contributed by atoms with E-state index in [0.717, 1.165) is 25.9 Å². The summed E-state index contributed by atoms with van der Waals surface area (Å²) in [6, 6.07) is 0.00657. The normalized spacial score (nSPS) is 22.4. The van der Waals surface area contributed by atoms with Gasteiger partial charge in [-0.15, -0.1) is 0 Å². The Morgan fingerprint density at radius 2 is 2.29 bits per heavy atom. The fourth-order valence-corrected chi connectivity index (χ4v) is 1.98. The molecule has 14 heavy (non-hydrogen) atoms. The van der Waals surface area contributed by atoms with Crippen molar-refractivity contribution in [1.29, 1.82) is 0 Å². The van der Waals surface area contributed by atoms with Crippen molar-refractivity contribution in [3.63, 3.8) is 0 Å². The third-order valence-electron chi connectivity index (χ3n) is 2.74. The van der Waals surface area contributed by atoms with Crippen LogP contribution in [0.4, 0.5) is 0 Å². The molecule has 0 saturated carbocycles. The minimum atomic E-state index is 0.00657. The number of amides is 1. The Hall–Kier alpha value is -0.610. The first-order chi connectivity index (χ1) is 6.70. The number of carbonyl (C=O) groups is 1. The van der Waals surface area contributed by atoms with Crippen LogP contribution in [0.2, 0.25) is 0 Å². The zero-order chi connectivity index (χ0) is 10.6. The highest BCUT2D eigenvalue weighted by atomic mass is 16.3. The van der Waals surface area contributed by atoms with E-state index >= 15 is 0 Å². The van der Waals surface area contributed by atoms with Crippen molar-refractivity contribution in [3.05, 3.63) is 0 Å². The van der Waals surface area contributed by atoms with Crippen LogP contribution < -0.4 is 0 Å². The summed E-state index contributed by atoms with van der Waals surface area (Å²) in [5.41, 5.74) is 0. The number of likely N-dealkylation sites (tertiary alicyclic amines) is 1. The van der Waals surface area contributed by atoms with Crippen LogP contribution in [0.3, 0.4) is 0 Å². The van der Waals surface area contributed by atoms with E-state index in [4.69, 9.17) is 5.11 Å². The van der Waals surface area contributed by atoms with Gasteiger partial charge in [0.25, 0.3) is 0 Å². The first kappa shape index (κ1) is 11.5. The quantitative estimate of drug-likeness (QED) is 0.675. The molecule has 1 aliphatic heterocycles. The average molecular weight is 200 g/mol. The molecule has 0 aromatic rings. The Bertz CT molecular complexity index is 191. The number of likely N-dealkylation sites (N-methyl/N-ethyl adjacent to an activating group) is 1. The molecule has 1 unspecified atom stereocenters. The van der Waals surface area contributed by atoms with Crippen molar-refractivity contribution < 1.29 is 9.90 Å². The molecular weight excluding hydrogens is 180 g/mol. The van der Waals surface area contributed by atoms with Gasteiger partial charge in [-0.25, -0.2) is 0 Å². The topological polar surface area (TPSA) is 43.8 Å². The van der Waals surface area contributed by atoms with Crippen molar-refractivity contribution >= 4 is 5.91 Å². The minimum absolute atomic E-state index is 0.00657. The number of rotatable bonds is 5. The van der Waals surface area contributed by atoms with Gasteiger partial charge >= 0.3 is 0 Å². The van der Waals surface area contributed by atoms with Crippen molar-refractivity contribution in [1.82, 2.24) is 9.80 Å². The molecule has 0 aromatic carbocycles. The zero-order valence-electron chi connectivity index (χ0n) is 9.07. The van der Waals surface area contributed by atoms with Crippen molar-refractivity contribution in [2.24, 2.45) is 0 Å². The Kier molecular flexibility index (Phi) is 4.35. The van der Waals surface area contributed by atoms with Gasteiger partial charge in [-0.1, -0.05) is 6.92 Å². The molecule has 82 valence electrons. The Morgan fingerprint density at radius 1 is 1.57 bits per heavy atom. The van der Waals surface area contributed by atoms with Crippen molar-refractivity contribution in [2.45, 2.75) is 25.8 Å². The highest BCUT2D eigenvalue weighted by molar-refractivity contribution is 5.83. The summed E-state index contributed by atoms with van der Waals surface area (Å²) in [5.74, 6) is 0.201. The molecular formula is C10H20N2O2. The van der Waals surface area contributed by atoms with Gasteiger partial charge in [-0.05, 0) is 19.4 Å². The molecule has 1 heterocycles. The molecule has 0 bridgehead atoms. The van der Waals surface area contributed by atoms with Gasteiger partial charge in [0.2, 0.25) is 5.91 Å². The van der Waals surface area contributed by atoms with E-state index in [1.165, 1.54) is 0 Å². The van der Waals surface area contributed by atoms with E-state index in [-0.39, 0.29) is 18.6 Å². The Morgan fingerprint density at radius 3 is 2.71 bits per heavy atom. The molecule has 1 rings (SSSR count).